The van der Waals surface area contributed by atoms with Crippen molar-refractivity contribution >= 4 is 23.3 Å². The Morgan fingerprint density at radius 2 is 2.12 bits per heavy atom. The molecule has 1 saturated carbocycles. The number of rotatable bonds is 3. The Balaban J connectivity index is 0.000000963. The molecule has 1 fully saturated rings. The molecule has 0 aliphatic heterocycles. The van der Waals surface area contributed by atoms with Crippen LogP contribution in [-0.4, -0.2) is 4.98 Å². The zero-order chi connectivity index (χ0) is 10.3. The molecule has 1 aliphatic rings. The number of halogens is 1. The molecule has 1 atom stereocenters. The number of aromatic nitrogens is 1. The predicted octanol–water partition coefficient (Wildman–Crippen LogP) is 3.39. The summed E-state index contributed by atoms with van der Waals surface area (Å²) in [5.41, 5.74) is 8.64. The third-order valence-electron chi connectivity index (χ3n) is 3.29. The van der Waals surface area contributed by atoms with Gasteiger partial charge in [0.25, 0.3) is 0 Å². The average Bonchev–Trinajstić information content (AvgIpc) is 2.94. The first kappa shape index (κ1) is 11.5. The second-order valence-electron chi connectivity index (χ2n) is 4.61. The minimum Gasteiger partial charge on any atom is -0.361 e. The van der Waals surface area contributed by atoms with Crippen LogP contribution in [0.4, 0.5) is 0 Å². The number of nitrogens with one attached hydrogen (secondary N) is 1. The first-order chi connectivity index (χ1) is 7.33. The van der Waals surface area contributed by atoms with Gasteiger partial charge in [0, 0.05) is 17.8 Å². The molecule has 0 amide bonds. The number of benzene rings is 1. The van der Waals surface area contributed by atoms with Gasteiger partial charge < -0.3 is 10.7 Å². The van der Waals surface area contributed by atoms with Crippen molar-refractivity contribution in [2.75, 3.05) is 0 Å². The summed E-state index contributed by atoms with van der Waals surface area (Å²) >= 11 is 0. The Bertz CT molecular complexity index is 473. The smallest absolute Gasteiger partial charge is 0.0457 e. The quantitative estimate of drug-likeness (QED) is 0.843. The molecule has 3 heteroatoms. The molecule has 1 aromatic carbocycles. The molecule has 0 bridgehead atoms. The van der Waals surface area contributed by atoms with E-state index in [-0.39, 0.29) is 18.4 Å². The fourth-order valence-corrected chi connectivity index (χ4v) is 2.14. The molecule has 2 aromatic rings. The summed E-state index contributed by atoms with van der Waals surface area (Å²) in [4.78, 5) is 3.23. The normalized spacial score (nSPS) is 17.1. The predicted molar refractivity (Wildman–Crippen MR) is 69.8 cm³/mol. The van der Waals surface area contributed by atoms with E-state index in [0.29, 0.717) is 0 Å². The molecule has 2 nitrogen and oxygen atoms in total. The second-order valence-corrected chi connectivity index (χ2v) is 4.61. The number of H-pyrrole nitrogens is 1. The summed E-state index contributed by atoms with van der Waals surface area (Å²) in [7, 11) is 0. The van der Waals surface area contributed by atoms with Crippen molar-refractivity contribution in [2.45, 2.75) is 25.3 Å². The van der Waals surface area contributed by atoms with Crippen LogP contribution in [0.3, 0.4) is 0 Å². The summed E-state index contributed by atoms with van der Waals surface area (Å²) in [5, 5.41) is 1.26. The molecule has 0 unspecified atom stereocenters. The summed E-state index contributed by atoms with van der Waals surface area (Å²) in [6, 6.07) is 8.79. The third-order valence-corrected chi connectivity index (χ3v) is 3.29. The van der Waals surface area contributed by atoms with Crippen LogP contribution in [0, 0.1) is 5.92 Å². The number of hydrogen-bond donors (Lipinski definition) is 2. The monoisotopic (exact) mass is 236 g/mol. The van der Waals surface area contributed by atoms with Crippen LogP contribution in [0.2, 0.25) is 0 Å². The molecule has 0 spiro atoms. The van der Waals surface area contributed by atoms with Crippen molar-refractivity contribution in [3.05, 3.63) is 36.0 Å². The minimum absolute atomic E-state index is 0. The van der Waals surface area contributed by atoms with Gasteiger partial charge in [0.15, 0.2) is 0 Å². The molecule has 16 heavy (non-hydrogen) atoms. The van der Waals surface area contributed by atoms with E-state index in [1.165, 1.54) is 29.3 Å². The zero-order valence-electron chi connectivity index (χ0n) is 9.15. The molecule has 0 radical (unpaired) electrons. The van der Waals surface area contributed by atoms with E-state index in [0.717, 1.165) is 12.3 Å². The first-order valence-electron chi connectivity index (χ1n) is 5.65. The first-order valence-corrected chi connectivity index (χ1v) is 5.65. The topological polar surface area (TPSA) is 41.8 Å². The molecule has 3 rings (SSSR count). The Hall–Kier alpha value is -0.990. The molecular weight excluding hydrogens is 220 g/mol. The van der Waals surface area contributed by atoms with Crippen LogP contribution < -0.4 is 5.73 Å². The van der Waals surface area contributed by atoms with E-state index in [1.54, 1.807) is 0 Å². The lowest BCUT2D eigenvalue weighted by molar-refractivity contribution is 0.597. The molecular formula is C13H17ClN2. The number of aromatic amines is 1. The van der Waals surface area contributed by atoms with Crippen LogP contribution >= 0.6 is 12.4 Å². The number of hydrogen-bond acceptors (Lipinski definition) is 1. The highest BCUT2D eigenvalue weighted by atomic mass is 35.5. The van der Waals surface area contributed by atoms with Crippen LogP contribution in [0.15, 0.2) is 30.5 Å². The van der Waals surface area contributed by atoms with Crippen molar-refractivity contribution in [1.82, 2.24) is 4.98 Å². The van der Waals surface area contributed by atoms with Crippen molar-refractivity contribution in [3.63, 3.8) is 0 Å². The SMILES string of the molecule is Cl.N[C@@H](CC1CC1)c1ccc2cc[nH]c2c1. The van der Waals surface area contributed by atoms with E-state index in [4.69, 9.17) is 5.73 Å². The lowest BCUT2D eigenvalue weighted by Crippen LogP contribution is -2.10. The molecule has 1 heterocycles. The summed E-state index contributed by atoms with van der Waals surface area (Å²) < 4.78 is 0. The Labute approximate surface area is 102 Å². The lowest BCUT2D eigenvalue weighted by atomic mass is 10.0. The van der Waals surface area contributed by atoms with Crippen LogP contribution in [0.1, 0.15) is 30.9 Å². The van der Waals surface area contributed by atoms with Crippen LogP contribution in [0.25, 0.3) is 10.9 Å². The summed E-state index contributed by atoms with van der Waals surface area (Å²) in [6.45, 7) is 0. The molecule has 1 aliphatic carbocycles. The standard InChI is InChI=1S/C13H16N2.ClH/c14-12(7-9-1-2-9)11-4-3-10-5-6-15-13(10)8-11;/h3-6,8-9,12,15H,1-2,7,14H2;1H/t12-;/m0./s1. The van der Waals surface area contributed by atoms with Crippen molar-refractivity contribution in [3.8, 4) is 0 Å². The van der Waals surface area contributed by atoms with E-state index >= 15 is 0 Å². The largest absolute Gasteiger partial charge is 0.361 e. The van der Waals surface area contributed by atoms with E-state index in [2.05, 4.69) is 29.2 Å². The third kappa shape index (κ3) is 2.23. The second kappa shape index (κ2) is 4.48. The van der Waals surface area contributed by atoms with Crippen LogP contribution in [0.5, 0.6) is 0 Å². The highest BCUT2D eigenvalue weighted by Gasteiger charge is 2.24. The average molecular weight is 237 g/mol. The highest BCUT2D eigenvalue weighted by molar-refractivity contribution is 5.85. The van der Waals surface area contributed by atoms with Crippen molar-refractivity contribution in [2.24, 2.45) is 11.7 Å². The van der Waals surface area contributed by atoms with E-state index in [1.807, 2.05) is 6.20 Å². The maximum atomic E-state index is 6.18. The van der Waals surface area contributed by atoms with Gasteiger partial charge in [-0.15, -0.1) is 12.4 Å². The van der Waals surface area contributed by atoms with Crippen molar-refractivity contribution < 1.29 is 0 Å². The van der Waals surface area contributed by atoms with E-state index in [9.17, 15) is 0 Å². The van der Waals surface area contributed by atoms with Gasteiger partial charge in [0.1, 0.15) is 0 Å². The van der Waals surface area contributed by atoms with E-state index < -0.39 is 0 Å². The van der Waals surface area contributed by atoms with Gasteiger partial charge in [-0.1, -0.05) is 25.0 Å². The summed E-state index contributed by atoms with van der Waals surface area (Å²) in [5.74, 6) is 0.888. The maximum Gasteiger partial charge on any atom is 0.0457 e. The van der Waals surface area contributed by atoms with Gasteiger partial charge >= 0.3 is 0 Å². The number of nitrogens with two attached hydrogens (primary N) is 1. The number of fused-ring (bicyclic) bond motifs is 1. The van der Waals surface area contributed by atoms with Crippen molar-refractivity contribution in [1.29, 1.82) is 0 Å². The lowest BCUT2D eigenvalue weighted by Gasteiger charge is -2.11. The fourth-order valence-electron chi connectivity index (χ4n) is 2.14. The Morgan fingerprint density at radius 3 is 2.88 bits per heavy atom. The van der Waals surface area contributed by atoms with Crippen LogP contribution in [-0.2, 0) is 0 Å². The van der Waals surface area contributed by atoms with Gasteiger partial charge in [-0.25, -0.2) is 0 Å². The minimum atomic E-state index is 0. The Morgan fingerprint density at radius 1 is 1.31 bits per heavy atom. The molecule has 86 valence electrons. The molecule has 1 aromatic heterocycles. The van der Waals surface area contributed by atoms with Gasteiger partial charge in [0.2, 0.25) is 0 Å². The molecule has 3 N–H and O–H groups in total. The molecule has 0 saturated heterocycles. The van der Waals surface area contributed by atoms with Gasteiger partial charge in [-0.2, -0.15) is 0 Å². The maximum absolute atomic E-state index is 6.18. The van der Waals surface area contributed by atoms with Gasteiger partial charge in [0.05, 0.1) is 0 Å². The zero-order valence-corrected chi connectivity index (χ0v) is 9.96. The van der Waals surface area contributed by atoms with Gasteiger partial charge in [-0.05, 0) is 35.4 Å². The highest BCUT2D eigenvalue weighted by Crippen LogP contribution is 2.37. The van der Waals surface area contributed by atoms with Gasteiger partial charge in [-0.3, -0.25) is 0 Å². The summed E-state index contributed by atoms with van der Waals surface area (Å²) in [6.07, 6.45) is 5.87. The Kier molecular flexibility index (Phi) is 3.22. The fraction of sp³-hybridized carbons (Fsp3) is 0.385.